The molecular weight excluding hydrogens is 120 g/mol. The van der Waals surface area contributed by atoms with E-state index < -0.39 is 0 Å². The molecular formula is C6H8O3. The van der Waals surface area contributed by atoms with Gasteiger partial charge in [0.15, 0.2) is 0 Å². The van der Waals surface area contributed by atoms with E-state index in [1.807, 2.05) is 0 Å². The lowest BCUT2D eigenvalue weighted by atomic mass is 10.3. The maximum absolute atomic E-state index is 10.6. The van der Waals surface area contributed by atoms with E-state index in [4.69, 9.17) is 4.74 Å². The Kier molecular flexibility index (Phi) is 1.85. The number of hydrogen-bond donors (Lipinski definition) is 0. The summed E-state index contributed by atoms with van der Waals surface area (Å²) in [4.78, 5) is 10.6. The van der Waals surface area contributed by atoms with E-state index in [1.165, 1.54) is 0 Å². The van der Waals surface area contributed by atoms with Crippen molar-refractivity contribution >= 4 is 5.97 Å². The van der Waals surface area contributed by atoms with Crippen LogP contribution < -0.4 is 0 Å². The lowest BCUT2D eigenvalue weighted by Gasteiger charge is -1.95. The zero-order valence-electron chi connectivity index (χ0n) is 5.05. The molecule has 1 heterocycles. The number of cyclic esters (lactones) is 1. The Morgan fingerprint density at radius 1 is 1.44 bits per heavy atom. The third-order valence-corrected chi connectivity index (χ3v) is 1.03. The molecule has 0 saturated carbocycles. The number of carbonyl (C=O) groups excluding carboxylic acids is 1. The summed E-state index contributed by atoms with van der Waals surface area (Å²) < 4.78 is 9.58. The highest BCUT2D eigenvalue weighted by atomic mass is 16.6. The van der Waals surface area contributed by atoms with Gasteiger partial charge in [0.05, 0.1) is 18.8 Å². The van der Waals surface area contributed by atoms with Gasteiger partial charge in [-0.2, -0.15) is 0 Å². The molecule has 1 aliphatic rings. The van der Waals surface area contributed by atoms with Crippen LogP contribution in [-0.4, -0.2) is 25.8 Å². The van der Waals surface area contributed by atoms with Crippen molar-refractivity contribution in [2.45, 2.75) is 0 Å². The molecule has 3 nitrogen and oxygen atoms in total. The maximum Gasteiger partial charge on any atom is 0.335 e. The number of carbonyl (C=O) groups is 1. The predicted molar refractivity (Wildman–Crippen MR) is 30.9 cm³/mol. The summed E-state index contributed by atoms with van der Waals surface area (Å²) in [5.41, 5.74) is 0.396. The van der Waals surface area contributed by atoms with Crippen molar-refractivity contribution in [3.63, 3.8) is 0 Å². The lowest BCUT2D eigenvalue weighted by molar-refractivity contribution is -0.138. The Labute approximate surface area is 53.3 Å². The highest BCUT2D eigenvalue weighted by Gasteiger charge is 2.11. The van der Waals surface area contributed by atoms with E-state index in [0.717, 1.165) is 0 Å². The third kappa shape index (κ3) is 1.54. The van der Waals surface area contributed by atoms with E-state index in [1.54, 1.807) is 0 Å². The van der Waals surface area contributed by atoms with Gasteiger partial charge in [0, 0.05) is 0 Å². The van der Waals surface area contributed by atoms with Gasteiger partial charge in [-0.15, -0.1) is 0 Å². The van der Waals surface area contributed by atoms with E-state index in [2.05, 4.69) is 11.3 Å². The van der Waals surface area contributed by atoms with Crippen molar-refractivity contribution in [3.05, 3.63) is 12.2 Å². The van der Waals surface area contributed by atoms with Crippen LogP contribution in [0.4, 0.5) is 0 Å². The van der Waals surface area contributed by atoms with Gasteiger partial charge in [0.2, 0.25) is 0 Å². The minimum Gasteiger partial charge on any atom is -0.460 e. The molecule has 0 aromatic carbocycles. The fourth-order valence-electron chi connectivity index (χ4n) is 0.550. The van der Waals surface area contributed by atoms with Crippen LogP contribution in [0.5, 0.6) is 0 Å². The SMILES string of the molecule is C=C1COCCOC1=O. The summed E-state index contributed by atoms with van der Waals surface area (Å²) >= 11 is 0. The summed E-state index contributed by atoms with van der Waals surface area (Å²) in [6.45, 7) is 4.58. The Hall–Kier alpha value is -0.830. The number of ether oxygens (including phenoxy) is 2. The monoisotopic (exact) mass is 128 g/mol. The van der Waals surface area contributed by atoms with Crippen LogP contribution in [-0.2, 0) is 14.3 Å². The zero-order chi connectivity index (χ0) is 6.69. The molecule has 0 atom stereocenters. The Morgan fingerprint density at radius 2 is 2.22 bits per heavy atom. The number of esters is 1. The molecule has 0 spiro atoms. The number of hydrogen-bond acceptors (Lipinski definition) is 3. The predicted octanol–water partition coefficient (Wildman–Crippen LogP) is 0.116. The van der Waals surface area contributed by atoms with Gasteiger partial charge in [-0.3, -0.25) is 0 Å². The van der Waals surface area contributed by atoms with Crippen LogP contribution in [0.25, 0.3) is 0 Å². The second-order valence-electron chi connectivity index (χ2n) is 1.79. The fourth-order valence-corrected chi connectivity index (χ4v) is 0.550. The van der Waals surface area contributed by atoms with E-state index in [-0.39, 0.29) is 5.97 Å². The highest BCUT2D eigenvalue weighted by Crippen LogP contribution is 1.99. The molecule has 50 valence electrons. The first-order valence-electron chi connectivity index (χ1n) is 2.73. The van der Waals surface area contributed by atoms with Crippen LogP contribution in [0.1, 0.15) is 0 Å². The van der Waals surface area contributed by atoms with Crippen LogP contribution >= 0.6 is 0 Å². The summed E-state index contributed by atoms with van der Waals surface area (Å²) in [6.07, 6.45) is 0. The molecule has 0 amide bonds. The van der Waals surface area contributed by atoms with Crippen molar-refractivity contribution in [2.75, 3.05) is 19.8 Å². The normalized spacial score (nSPS) is 20.9. The first-order valence-corrected chi connectivity index (χ1v) is 2.73. The Morgan fingerprint density at radius 3 is 3.00 bits per heavy atom. The summed E-state index contributed by atoms with van der Waals surface area (Å²) in [6, 6.07) is 0. The molecule has 1 saturated heterocycles. The molecule has 0 aliphatic carbocycles. The molecule has 3 heteroatoms. The van der Waals surface area contributed by atoms with Gasteiger partial charge in [-0.25, -0.2) is 4.79 Å². The summed E-state index contributed by atoms with van der Waals surface area (Å²) in [5, 5.41) is 0. The van der Waals surface area contributed by atoms with Gasteiger partial charge in [-0.1, -0.05) is 6.58 Å². The van der Waals surface area contributed by atoms with Gasteiger partial charge in [0.1, 0.15) is 6.61 Å². The topological polar surface area (TPSA) is 35.5 Å². The van der Waals surface area contributed by atoms with Crippen molar-refractivity contribution in [3.8, 4) is 0 Å². The molecule has 1 fully saturated rings. The minimum absolute atomic E-state index is 0.304. The average Bonchev–Trinajstić information content (AvgIpc) is 1.99. The lowest BCUT2D eigenvalue weighted by Crippen LogP contribution is -2.05. The van der Waals surface area contributed by atoms with Crippen molar-refractivity contribution in [1.29, 1.82) is 0 Å². The standard InChI is InChI=1S/C6H8O3/c1-5-4-8-2-3-9-6(5)7/h1-4H2. The minimum atomic E-state index is -0.340. The number of rotatable bonds is 0. The molecule has 0 radical (unpaired) electrons. The van der Waals surface area contributed by atoms with Gasteiger partial charge < -0.3 is 9.47 Å². The summed E-state index contributed by atoms with van der Waals surface area (Å²) in [7, 11) is 0. The van der Waals surface area contributed by atoms with Crippen molar-refractivity contribution in [2.24, 2.45) is 0 Å². The molecule has 9 heavy (non-hydrogen) atoms. The van der Waals surface area contributed by atoms with E-state index in [9.17, 15) is 4.79 Å². The van der Waals surface area contributed by atoms with Crippen molar-refractivity contribution < 1.29 is 14.3 Å². The van der Waals surface area contributed by atoms with E-state index in [0.29, 0.717) is 25.4 Å². The van der Waals surface area contributed by atoms with Gasteiger partial charge in [0.25, 0.3) is 0 Å². The van der Waals surface area contributed by atoms with E-state index >= 15 is 0 Å². The van der Waals surface area contributed by atoms with Crippen LogP contribution in [0.15, 0.2) is 12.2 Å². The summed E-state index contributed by atoms with van der Waals surface area (Å²) in [5.74, 6) is -0.340. The quantitative estimate of drug-likeness (QED) is 0.343. The smallest absolute Gasteiger partial charge is 0.335 e. The van der Waals surface area contributed by atoms with Crippen LogP contribution in [0.3, 0.4) is 0 Å². The van der Waals surface area contributed by atoms with Crippen molar-refractivity contribution in [1.82, 2.24) is 0 Å². The first-order chi connectivity index (χ1) is 4.30. The second kappa shape index (κ2) is 2.64. The molecule has 0 aromatic heterocycles. The maximum atomic E-state index is 10.6. The average molecular weight is 128 g/mol. The second-order valence-corrected chi connectivity index (χ2v) is 1.79. The molecule has 0 bridgehead atoms. The molecule has 1 rings (SSSR count). The fraction of sp³-hybridized carbons (Fsp3) is 0.500. The first kappa shape index (κ1) is 6.29. The highest BCUT2D eigenvalue weighted by molar-refractivity contribution is 5.88. The van der Waals surface area contributed by atoms with Gasteiger partial charge in [-0.05, 0) is 0 Å². The van der Waals surface area contributed by atoms with Crippen LogP contribution in [0, 0.1) is 0 Å². The third-order valence-electron chi connectivity index (χ3n) is 1.03. The Balaban J connectivity index is 2.51. The molecule has 0 unspecified atom stereocenters. The zero-order valence-corrected chi connectivity index (χ0v) is 5.05. The Bertz CT molecular complexity index is 123. The van der Waals surface area contributed by atoms with Gasteiger partial charge >= 0.3 is 5.97 Å². The largest absolute Gasteiger partial charge is 0.460 e. The van der Waals surface area contributed by atoms with Crippen LogP contribution in [0.2, 0.25) is 0 Å². The molecule has 1 aliphatic heterocycles. The molecule has 0 N–H and O–H groups in total. The molecule has 0 aromatic rings.